The van der Waals surface area contributed by atoms with Crippen LogP contribution in [0.5, 0.6) is 0 Å². The maximum absolute atomic E-state index is 4.36. The lowest BCUT2D eigenvalue weighted by Gasteiger charge is -2.32. The Labute approximate surface area is 111 Å². The second kappa shape index (κ2) is 5.20. The van der Waals surface area contributed by atoms with E-state index in [4.69, 9.17) is 0 Å². The average molecular weight is 262 g/mol. The fraction of sp³-hybridized carbons (Fsp3) is 0.538. The Morgan fingerprint density at radius 1 is 1.44 bits per heavy atom. The molecule has 1 unspecified atom stereocenters. The van der Waals surface area contributed by atoms with Crippen LogP contribution in [0.25, 0.3) is 10.2 Å². The van der Waals surface area contributed by atoms with Gasteiger partial charge in [0.2, 0.25) is 0 Å². The summed E-state index contributed by atoms with van der Waals surface area (Å²) in [4.78, 5) is 11.1. The minimum Gasteiger partial charge on any atom is -0.367 e. The highest BCUT2D eigenvalue weighted by atomic mass is 32.1. The SMILES string of the molecule is CN1CCCCC1CNc1ncnc2ccsc12. The van der Waals surface area contributed by atoms with Crippen LogP contribution in [0, 0.1) is 0 Å². The van der Waals surface area contributed by atoms with Crippen molar-refractivity contribution in [1.82, 2.24) is 14.9 Å². The summed E-state index contributed by atoms with van der Waals surface area (Å²) in [5.74, 6) is 0.981. The zero-order valence-corrected chi connectivity index (χ0v) is 11.4. The number of fused-ring (bicyclic) bond motifs is 1. The highest BCUT2D eigenvalue weighted by Gasteiger charge is 2.18. The molecule has 3 heterocycles. The molecule has 0 aliphatic carbocycles. The summed E-state index contributed by atoms with van der Waals surface area (Å²) < 4.78 is 1.16. The number of rotatable bonds is 3. The van der Waals surface area contributed by atoms with Gasteiger partial charge in [-0.25, -0.2) is 9.97 Å². The quantitative estimate of drug-likeness (QED) is 0.923. The molecule has 1 N–H and O–H groups in total. The van der Waals surface area contributed by atoms with Gasteiger partial charge in [0.25, 0.3) is 0 Å². The third-order valence-corrected chi connectivity index (χ3v) is 4.58. The van der Waals surface area contributed by atoms with Crippen LogP contribution < -0.4 is 5.32 Å². The summed E-state index contributed by atoms with van der Waals surface area (Å²) in [7, 11) is 2.21. The van der Waals surface area contributed by atoms with Crippen molar-refractivity contribution in [1.29, 1.82) is 0 Å². The smallest absolute Gasteiger partial charge is 0.147 e. The first kappa shape index (κ1) is 11.9. The third-order valence-electron chi connectivity index (χ3n) is 3.67. The number of nitrogens with zero attached hydrogens (tertiary/aromatic N) is 3. The Morgan fingerprint density at radius 3 is 3.28 bits per heavy atom. The molecule has 0 radical (unpaired) electrons. The zero-order valence-electron chi connectivity index (χ0n) is 10.6. The van der Waals surface area contributed by atoms with Crippen molar-refractivity contribution in [2.45, 2.75) is 25.3 Å². The number of aromatic nitrogens is 2. The maximum atomic E-state index is 4.36. The number of anilines is 1. The van der Waals surface area contributed by atoms with Crippen molar-refractivity contribution in [3.8, 4) is 0 Å². The third kappa shape index (κ3) is 2.33. The summed E-state index contributed by atoms with van der Waals surface area (Å²) in [5.41, 5.74) is 1.04. The van der Waals surface area contributed by atoms with Gasteiger partial charge in [-0.3, -0.25) is 0 Å². The summed E-state index contributed by atoms with van der Waals surface area (Å²) in [6.45, 7) is 2.19. The van der Waals surface area contributed by atoms with Crippen LogP contribution >= 0.6 is 11.3 Å². The summed E-state index contributed by atoms with van der Waals surface area (Å²) in [6, 6.07) is 2.67. The number of hydrogen-bond donors (Lipinski definition) is 1. The molecule has 2 aromatic heterocycles. The molecule has 0 aromatic carbocycles. The molecular weight excluding hydrogens is 244 g/mol. The summed E-state index contributed by atoms with van der Waals surface area (Å²) >= 11 is 1.70. The Hall–Kier alpha value is -1.20. The molecule has 1 aliphatic rings. The molecule has 4 nitrogen and oxygen atoms in total. The highest BCUT2D eigenvalue weighted by Crippen LogP contribution is 2.25. The number of hydrogen-bond acceptors (Lipinski definition) is 5. The molecule has 0 bridgehead atoms. The van der Waals surface area contributed by atoms with E-state index in [1.807, 2.05) is 6.07 Å². The van der Waals surface area contributed by atoms with E-state index in [1.54, 1.807) is 17.7 Å². The molecule has 0 saturated carbocycles. The van der Waals surface area contributed by atoms with Gasteiger partial charge in [0.05, 0.1) is 10.2 Å². The van der Waals surface area contributed by atoms with Crippen molar-refractivity contribution in [2.24, 2.45) is 0 Å². The van der Waals surface area contributed by atoms with Crippen molar-refractivity contribution in [2.75, 3.05) is 25.5 Å². The van der Waals surface area contributed by atoms with Gasteiger partial charge in [-0.2, -0.15) is 0 Å². The van der Waals surface area contributed by atoms with E-state index >= 15 is 0 Å². The molecule has 3 rings (SSSR count). The van der Waals surface area contributed by atoms with E-state index in [-0.39, 0.29) is 0 Å². The number of thiophene rings is 1. The average Bonchev–Trinajstić information content (AvgIpc) is 2.86. The van der Waals surface area contributed by atoms with E-state index < -0.39 is 0 Å². The largest absolute Gasteiger partial charge is 0.367 e. The maximum Gasteiger partial charge on any atom is 0.147 e. The van der Waals surface area contributed by atoms with Gasteiger partial charge in [0, 0.05) is 12.6 Å². The minimum absolute atomic E-state index is 0.628. The molecule has 0 spiro atoms. The normalized spacial score (nSPS) is 21.3. The standard InChI is InChI=1S/C13H18N4S/c1-17-6-3-2-4-10(17)8-14-13-12-11(5-7-18-12)15-9-16-13/h5,7,9-10H,2-4,6,8H2,1H3,(H,14,15,16). The van der Waals surface area contributed by atoms with Crippen LogP contribution in [-0.4, -0.2) is 41.0 Å². The monoisotopic (exact) mass is 262 g/mol. The highest BCUT2D eigenvalue weighted by molar-refractivity contribution is 7.17. The second-order valence-corrected chi connectivity index (χ2v) is 5.78. The van der Waals surface area contributed by atoms with Gasteiger partial charge in [0.1, 0.15) is 12.1 Å². The van der Waals surface area contributed by atoms with Crippen LogP contribution in [0.15, 0.2) is 17.8 Å². The summed E-state index contributed by atoms with van der Waals surface area (Å²) in [5, 5.41) is 5.56. The fourth-order valence-corrected chi connectivity index (χ4v) is 3.34. The van der Waals surface area contributed by atoms with E-state index in [2.05, 4.69) is 32.6 Å². The van der Waals surface area contributed by atoms with Crippen molar-refractivity contribution < 1.29 is 0 Å². The molecule has 1 atom stereocenters. The van der Waals surface area contributed by atoms with Crippen LogP contribution in [-0.2, 0) is 0 Å². The van der Waals surface area contributed by atoms with E-state index in [9.17, 15) is 0 Å². The number of nitrogens with one attached hydrogen (secondary N) is 1. The van der Waals surface area contributed by atoms with E-state index in [0.717, 1.165) is 22.6 Å². The Morgan fingerprint density at radius 2 is 2.39 bits per heavy atom. The second-order valence-electron chi connectivity index (χ2n) is 4.87. The van der Waals surface area contributed by atoms with Crippen molar-refractivity contribution in [3.63, 3.8) is 0 Å². The first-order valence-corrected chi connectivity index (χ1v) is 7.35. The molecular formula is C13H18N4S. The number of likely N-dealkylation sites (N-methyl/N-ethyl adjacent to an activating group) is 1. The van der Waals surface area contributed by atoms with Gasteiger partial charge in [0.15, 0.2) is 0 Å². The van der Waals surface area contributed by atoms with Gasteiger partial charge in [-0.1, -0.05) is 6.42 Å². The van der Waals surface area contributed by atoms with Crippen LogP contribution in [0.2, 0.25) is 0 Å². The molecule has 1 fully saturated rings. The van der Waals surface area contributed by atoms with Gasteiger partial charge in [-0.05, 0) is 37.9 Å². The van der Waals surface area contributed by atoms with Crippen LogP contribution in [0.1, 0.15) is 19.3 Å². The Balaban J connectivity index is 1.71. The molecule has 5 heteroatoms. The number of piperidine rings is 1. The van der Waals surface area contributed by atoms with E-state index in [1.165, 1.54) is 25.8 Å². The van der Waals surface area contributed by atoms with Crippen LogP contribution in [0.4, 0.5) is 5.82 Å². The lowest BCUT2D eigenvalue weighted by molar-refractivity contribution is 0.194. The fourth-order valence-electron chi connectivity index (χ4n) is 2.53. The first-order chi connectivity index (χ1) is 8.84. The first-order valence-electron chi connectivity index (χ1n) is 6.47. The zero-order chi connectivity index (χ0) is 12.4. The van der Waals surface area contributed by atoms with Gasteiger partial charge < -0.3 is 10.2 Å². The topological polar surface area (TPSA) is 41.0 Å². The molecule has 0 amide bonds. The van der Waals surface area contributed by atoms with Gasteiger partial charge >= 0.3 is 0 Å². The predicted octanol–water partition coefficient (Wildman–Crippen LogP) is 2.59. The molecule has 1 aliphatic heterocycles. The molecule has 1 saturated heterocycles. The Bertz CT molecular complexity index is 524. The van der Waals surface area contributed by atoms with E-state index in [0.29, 0.717) is 6.04 Å². The summed E-state index contributed by atoms with van der Waals surface area (Å²) in [6.07, 6.45) is 5.59. The van der Waals surface area contributed by atoms with Gasteiger partial charge in [-0.15, -0.1) is 11.3 Å². The van der Waals surface area contributed by atoms with Crippen molar-refractivity contribution in [3.05, 3.63) is 17.8 Å². The minimum atomic E-state index is 0.628. The molecule has 2 aromatic rings. The molecule has 96 valence electrons. The Kier molecular flexibility index (Phi) is 3.43. The van der Waals surface area contributed by atoms with Crippen LogP contribution in [0.3, 0.4) is 0 Å². The van der Waals surface area contributed by atoms with Crippen molar-refractivity contribution >= 4 is 27.4 Å². The predicted molar refractivity (Wildman–Crippen MR) is 76.2 cm³/mol. The lowest BCUT2D eigenvalue weighted by Crippen LogP contribution is -2.40. The lowest BCUT2D eigenvalue weighted by atomic mass is 10.0. The molecule has 18 heavy (non-hydrogen) atoms. The number of likely N-dealkylation sites (tertiary alicyclic amines) is 1.